The van der Waals surface area contributed by atoms with Crippen LogP contribution in [0.1, 0.15) is 0 Å². The molecule has 0 fully saturated rings. The number of benzene rings is 4. The van der Waals surface area contributed by atoms with E-state index in [1.165, 1.54) is 12.1 Å². The lowest BCUT2D eigenvalue weighted by Crippen LogP contribution is -2.37. The summed E-state index contributed by atoms with van der Waals surface area (Å²) in [6.45, 7) is -2.78. The average molecular weight is 880 g/mol. The number of fused-ring (bicyclic) bond motifs is 1. The van der Waals surface area contributed by atoms with E-state index in [4.69, 9.17) is 0 Å². The van der Waals surface area contributed by atoms with E-state index >= 15 is 0 Å². The lowest BCUT2D eigenvalue weighted by molar-refractivity contribution is -0.276. The van der Waals surface area contributed by atoms with E-state index < -0.39 is 90.5 Å². The summed E-state index contributed by atoms with van der Waals surface area (Å²) in [5, 5.41) is 18.8. The second kappa shape index (κ2) is 14.2. The first kappa shape index (κ1) is 38.5. The van der Waals surface area contributed by atoms with Gasteiger partial charge in [-0.1, -0.05) is 56.1 Å². The minimum atomic E-state index is -5.38. The average Bonchev–Trinajstić information content (AvgIpc) is 2.96. The fraction of sp³-hybridized carbons (Fsp3) is 0.143. The fourth-order valence-electron chi connectivity index (χ4n) is 4.58. The van der Waals surface area contributed by atoms with E-state index in [0.717, 1.165) is 36.4 Å². The molecule has 22 heteroatoms. The number of carboxylic acids is 2. The highest BCUT2D eigenvalue weighted by Gasteiger charge is 2.39. The Morgan fingerprint density at radius 1 is 0.620 bits per heavy atom. The molecular weight excluding hydrogens is 862 g/mol. The molecule has 0 unspecified atom stereocenters. The third-order valence-electron chi connectivity index (χ3n) is 6.37. The van der Waals surface area contributed by atoms with Crippen LogP contribution in [-0.2, 0) is 29.6 Å². The lowest BCUT2D eigenvalue weighted by atomic mass is 10.1. The highest BCUT2D eigenvalue weighted by molar-refractivity contribution is 9.10. The molecule has 0 saturated heterocycles. The summed E-state index contributed by atoms with van der Waals surface area (Å²) in [4.78, 5) is 21.6. The Labute approximate surface area is 294 Å². The molecule has 0 amide bonds. The second-order valence-corrected chi connectivity index (χ2v) is 15.2. The molecule has 4 aromatic carbocycles. The number of nitrogens with zero attached hydrogens (tertiary/aromatic N) is 2. The highest BCUT2D eigenvalue weighted by atomic mass is 79.9. The van der Waals surface area contributed by atoms with Gasteiger partial charge in [-0.25, -0.2) is 16.8 Å². The molecule has 0 aliphatic carbocycles. The van der Waals surface area contributed by atoms with Crippen molar-refractivity contribution in [2.75, 3.05) is 21.7 Å². The van der Waals surface area contributed by atoms with Crippen molar-refractivity contribution in [2.45, 2.75) is 22.5 Å². The second-order valence-electron chi connectivity index (χ2n) is 9.74. The first-order valence-corrected chi connectivity index (χ1v) is 17.6. The molecular formula is C28H18Br2F6N2O10S2. The van der Waals surface area contributed by atoms with Crippen LogP contribution in [0.2, 0.25) is 0 Å². The number of hydrogen-bond donors (Lipinski definition) is 2. The fourth-order valence-corrected chi connectivity index (χ4v) is 8.33. The summed E-state index contributed by atoms with van der Waals surface area (Å²) < 4.78 is 143. The van der Waals surface area contributed by atoms with Crippen LogP contribution in [0.25, 0.3) is 10.8 Å². The number of hydrogen-bond acceptors (Lipinski definition) is 8. The van der Waals surface area contributed by atoms with Crippen LogP contribution in [0.15, 0.2) is 91.5 Å². The number of sulfonamides is 2. The number of anilines is 2. The largest absolute Gasteiger partial charge is 0.573 e. The van der Waals surface area contributed by atoms with E-state index in [1.54, 1.807) is 0 Å². The van der Waals surface area contributed by atoms with Gasteiger partial charge in [0.25, 0.3) is 20.0 Å². The normalized spacial score (nSPS) is 12.4. The monoisotopic (exact) mass is 878 g/mol. The van der Waals surface area contributed by atoms with Gasteiger partial charge in [0.1, 0.15) is 22.9 Å². The summed E-state index contributed by atoms with van der Waals surface area (Å²) in [6, 6.07) is 11.5. The zero-order valence-corrected chi connectivity index (χ0v) is 29.0. The van der Waals surface area contributed by atoms with Crippen LogP contribution in [0.3, 0.4) is 0 Å². The van der Waals surface area contributed by atoms with Gasteiger partial charge in [-0.3, -0.25) is 18.2 Å². The van der Waals surface area contributed by atoms with Gasteiger partial charge in [0.15, 0.2) is 11.5 Å². The molecule has 4 rings (SSSR count). The van der Waals surface area contributed by atoms with Gasteiger partial charge >= 0.3 is 24.7 Å². The Morgan fingerprint density at radius 2 is 0.960 bits per heavy atom. The zero-order valence-electron chi connectivity index (χ0n) is 24.2. The maximum absolute atomic E-state index is 13.9. The van der Waals surface area contributed by atoms with Crippen LogP contribution in [0, 0.1) is 0 Å². The zero-order chi connectivity index (χ0) is 37.4. The van der Waals surface area contributed by atoms with Crippen LogP contribution >= 0.6 is 31.9 Å². The molecule has 0 bridgehead atoms. The predicted molar refractivity (Wildman–Crippen MR) is 170 cm³/mol. The summed E-state index contributed by atoms with van der Waals surface area (Å²) in [7, 11) is -10.5. The van der Waals surface area contributed by atoms with Crippen molar-refractivity contribution in [1.29, 1.82) is 0 Å². The highest BCUT2D eigenvalue weighted by Crippen LogP contribution is 2.42. The summed E-state index contributed by atoms with van der Waals surface area (Å²) in [6.07, 6.45) is -10.8. The van der Waals surface area contributed by atoms with Crippen molar-refractivity contribution in [3.63, 3.8) is 0 Å². The SMILES string of the molecule is O=C(O)CN(c1ccc(N(CC(=O)O)S(=O)(=O)c2ccc(Br)cc2OC(F)(F)F)c2ccccc12)S(=O)(=O)c1ccc(Br)cc1OC(F)(F)F. The lowest BCUT2D eigenvalue weighted by Gasteiger charge is -2.29. The van der Waals surface area contributed by atoms with E-state index in [9.17, 15) is 63.0 Å². The van der Waals surface area contributed by atoms with Crippen LogP contribution in [0.4, 0.5) is 37.7 Å². The molecule has 4 aromatic rings. The standard InChI is InChI=1S/C28H18Br2F6N2O10S2/c29-15-5-9-23(21(11-15)47-27(31,32)33)49(43,44)37(13-25(39)40)19-7-8-20(18-4-2-1-3-17(18)19)38(14-26(41)42)50(45,46)24-10-6-16(30)12-22(24)48-28(34,35)36/h1-12H,13-14H2,(H,39,40)(H,41,42). The topological polar surface area (TPSA) is 168 Å². The van der Waals surface area contributed by atoms with E-state index in [-0.39, 0.29) is 28.3 Å². The van der Waals surface area contributed by atoms with Crippen molar-refractivity contribution >= 4 is 86.0 Å². The Bertz CT molecular complexity index is 2050. The van der Waals surface area contributed by atoms with Gasteiger partial charge in [0.05, 0.1) is 11.4 Å². The molecule has 12 nitrogen and oxygen atoms in total. The Morgan fingerprint density at radius 3 is 1.26 bits per heavy atom. The summed E-state index contributed by atoms with van der Waals surface area (Å²) in [5.74, 6) is -6.01. The number of rotatable bonds is 12. The number of aliphatic carboxylic acids is 2. The molecule has 268 valence electrons. The molecule has 0 aliphatic rings. The minimum absolute atomic E-state index is 0.0374. The molecule has 0 aliphatic heterocycles. The molecule has 0 heterocycles. The smallest absolute Gasteiger partial charge is 0.480 e. The number of alkyl halides is 6. The van der Waals surface area contributed by atoms with Gasteiger partial charge in [-0.2, -0.15) is 0 Å². The van der Waals surface area contributed by atoms with Gasteiger partial charge in [0, 0.05) is 19.7 Å². The van der Waals surface area contributed by atoms with Crippen molar-refractivity contribution in [3.8, 4) is 11.5 Å². The van der Waals surface area contributed by atoms with Gasteiger partial charge in [-0.15, -0.1) is 26.3 Å². The number of carbonyl (C=O) groups is 2. The first-order chi connectivity index (χ1) is 23.0. The number of ether oxygens (including phenoxy) is 2. The third kappa shape index (κ3) is 8.71. The van der Waals surface area contributed by atoms with E-state index in [0.29, 0.717) is 24.3 Å². The molecule has 0 radical (unpaired) electrons. The summed E-state index contributed by atoms with van der Waals surface area (Å²) >= 11 is 5.81. The number of halogens is 8. The van der Waals surface area contributed by atoms with E-state index in [1.807, 2.05) is 0 Å². The van der Waals surface area contributed by atoms with Gasteiger partial charge in [-0.05, 0) is 48.5 Å². The minimum Gasteiger partial charge on any atom is -0.480 e. The maximum atomic E-state index is 13.9. The van der Waals surface area contributed by atoms with Gasteiger partial charge < -0.3 is 19.7 Å². The molecule has 0 aromatic heterocycles. The Kier molecular flexibility index (Phi) is 10.9. The van der Waals surface area contributed by atoms with Crippen molar-refractivity contribution in [2.24, 2.45) is 0 Å². The van der Waals surface area contributed by atoms with Crippen molar-refractivity contribution in [3.05, 3.63) is 81.7 Å². The number of carboxylic acid groups (broad SMARTS) is 2. The van der Waals surface area contributed by atoms with Crippen molar-refractivity contribution < 1.29 is 72.5 Å². The maximum Gasteiger partial charge on any atom is 0.573 e. The first-order valence-electron chi connectivity index (χ1n) is 13.1. The molecule has 0 saturated carbocycles. The Balaban J connectivity index is 1.99. The molecule has 2 N–H and O–H groups in total. The van der Waals surface area contributed by atoms with Crippen LogP contribution in [0.5, 0.6) is 11.5 Å². The van der Waals surface area contributed by atoms with Crippen LogP contribution in [-0.4, -0.2) is 64.8 Å². The van der Waals surface area contributed by atoms with Crippen molar-refractivity contribution in [1.82, 2.24) is 0 Å². The molecule has 0 spiro atoms. The van der Waals surface area contributed by atoms with Gasteiger partial charge in [0.2, 0.25) is 0 Å². The quantitative estimate of drug-likeness (QED) is 0.146. The third-order valence-corrected chi connectivity index (χ3v) is 11.0. The van der Waals surface area contributed by atoms with Crippen LogP contribution < -0.4 is 18.1 Å². The Hall–Kier alpha value is -4.28. The molecule has 50 heavy (non-hydrogen) atoms. The van der Waals surface area contributed by atoms with E-state index in [2.05, 4.69) is 41.3 Å². The summed E-state index contributed by atoms with van der Waals surface area (Å²) in [5.41, 5.74) is -1.05. The molecule has 0 atom stereocenters. The predicted octanol–water partition coefficient (Wildman–Crippen LogP) is 6.72.